The first-order valence-electron chi connectivity index (χ1n) is 9.10. The molecule has 0 aliphatic rings. The second kappa shape index (κ2) is 9.74. The SMILES string of the molecule is CN(Cc1ccc(Cl)c(Cl)c1)C[C@H](NS(=O)(=O)c1ccccc1)c1ccccc1. The van der Waals surface area contributed by atoms with Gasteiger partial charge >= 0.3 is 0 Å². The number of rotatable bonds is 8. The summed E-state index contributed by atoms with van der Waals surface area (Å²) in [7, 11) is -1.71. The van der Waals surface area contributed by atoms with Crippen LogP contribution >= 0.6 is 23.2 Å². The van der Waals surface area contributed by atoms with Gasteiger partial charge in [-0.3, -0.25) is 0 Å². The number of benzene rings is 3. The Kier molecular flexibility index (Phi) is 7.33. The van der Waals surface area contributed by atoms with E-state index in [9.17, 15) is 8.42 Å². The highest BCUT2D eigenvalue weighted by Crippen LogP contribution is 2.24. The Balaban J connectivity index is 1.80. The minimum absolute atomic E-state index is 0.244. The van der Waals surface area contributed by atoms with Crippen molar-refractivity contribution in [1.82, 2.24) is 9.62 Å². The van der Waals surface area contributed by atoms with Crippen LogP contribution in [0, 0.1) is 0 Å². The number of sulfonamides is 1. The fourth-order valence-electron chi connectivity index (χ4n) is 3.08. The van der Waals surface area contributed by atoms with Gasteiger partial charge in [0.1, 0.15) is 0 Å². The van der Waals surface area contributed by atoms with Crippen LogP contribution in [0.25, 0.3) is 0 Å². The summed E-state index contributed by atoms with van der Waals surface area (Å²) in [5.74, 6) is 0. The lowest BCUT2D eigenvalue weighted by atomic mass is 10.1. The standard InChI is InChI=1S/C22H22Cl2N2O2S/c1-26(15-17-12-13-20(23)21(24)14-17)16-22(18-8-4-2-5-9-18)25-29(27,28)19-10-6-3-7-11-19/h2-14,22,25H,15-16H2,1H3/t22-/m0/s1. The molecule has 0 spiro atoms. The number of halogens is 2. The van der Waals surface area contributed by atoms with Gasteiger partial charge in [0, 0.05) is 13.1 Å². The molecule has 1 atom stereocenters. The maximum Gasteiger partial charge on any atom is 0.241 e. The molecule has 7 heteroatoms. The minimum Gasteiger partial charge on any atom is -0.300 e. The molecule has 0 amide bonds. The molecule has 0 heterocycles. The molecular weight excluding hydrogens is 427 g/mol. The molecule has 0 fully saturated rings. The molecule has 3 aromatic carbocycles. The highest BCUT2D eigenvalue weighted by Gasteiger charge is 2.22. The normalized spacial score (nSPS) is 12.8. The number of nitrogens with one attached hydrogen (secondary N) is 1. The van der Waals surface area contributed by atoms with Gasteiger partial charge in [-0.25, -0.2) is 13.1 Å². The Morgan fingerprint density at radius 1 is 0.897 bits per heavy atom. The van der Waals surface area contributed by atoms with E-state index in [-0.39, 0.29) is 4.90 Å². The largest absolute Gasteiger partial charge is 0.300 e. The molecule has 3 rings (SSSR count). The number of likely N-dealkylation sites (N-methyl/N-ethyl adjacent to an activating group) is 1. The molecule has 1 N–H and O–H groups in total. The molecule has 0 aliphatic carbocycles. The molecule has 152 valence electrons. The zero-order valence-electron chi connectivity index (χ0n) is 15.9. The van der Waals surface area contributed by atoms with Crippen molar-refractivity contribution in [3.63, 3.8) is 0 Å². The van der Waals surface area contributed by atoms with Crippen molar-refractivity contribution in [3.8, 4) is 0 Å². The fraction of sp³-hybridized carbons (Fsp3) is 0.182. The fourth-order valence-corrected chi connectivity index (χ4v) is 4.63. The topological polar surface area (TPSA) is 49.4 Å². The highest BCUT2D eigenvalue weighted by atomic mass is 35.5. The van der Waals surface area contributed by atoms with Crippen LogP contribution in [0.15, 0.2) is 83.8 Å². The summed E-state index contributed by atoms with van der Waals surface area (Å²) in [6.07, 6.45) is 0. The van der Waals surface area contributed by atoms with E-state index in [1.165, 1.54) is 0 Å². The third-order valence-electron chi connectivity index (χ3n) is 4.48. The predicted octanol–water partition coefficient (Wildman–Crippen LogP) is 5.15. The summed E-state index contributed by atoms with van der Waals surface area (Å²) in [5.41, 5.74) is 1.90. The molecule has 3 aromatic rings. The third-order valence-corrected chi connectivity index (χ3v) is 6.71. The number of hydrogen-bond donors (Lipinski definition) is 1. The van der Waals surface area contributed by atoms with Gasteiger partial charge in [0.25, 0.3) is 0 Å². The quantitative estimate of drug-likeness (QED) is 0.518. The van der Waals surface area contributed by atoms with E-state index in [2.05, 4.69) is 4.72 Å². The predicted molar refractivity (Wildman–Crippen MR) is 119 cm³/mol. The zero-order valence-corrected chi connectivity index (χ0v) is 18.3. The lowest BCUT2D eigenvalue weighted by Crippen LogP contribution is -2.36. The smallest absolute Gasteiger partial charge is 0.241 e. The second-order valence-corrected chi connectivity index (χ2v) is 9.37. The first kappa shape index (κ1) is 21.8. The molecule has 29 heavy (non-hydrogen) atoms. The summed E-state index contributed by atoms with van der Waals surface area (Å²) in [6, 6.07) is 23.0. The van der Waals surface area contributed by atoms with Crippen LogP contribution in [-0.2, 0) is 16.6 Å². The molecule has 0 aromatic heterocycles. The van der Waals surface area contributed by atoms with E-state index < -0.39 is 16.1 Å². The minimum atomic E-state index is -3.65. The van der Waals surface area contributed by atoms with E-state index in [0.717, 1.165) is 11.1 Å². The lowest BCUT2D eigenvalue weighted by molar-refractivity contribution is 0.297. The Bertz CT molecular complexity index is 1040. The van der Waals surface area contributed by atoms with Crippen molar-refractivity contribution >= 4 is 33.2 Å². The first-order valence-corrected chi connectivity index (χ1v) is 11.3. The van der Waals surface area contributed by atoms with Crippen LogP contribution in [0.1, 0.15) is 17.2 Å². The van der Waals surface area contributed by atoms with Crippen molar-refractivity contribution in [1.29, 1.82) is 0 Å². The van der Waals surface area contributed by atoms with Gasteiger partial charge in [-0.1, -0.05) is 77.8 Å². The molecule has 0 aliphatic heterocycles. The lowest BCUT2D eigenvalue weighted by Gasteiger charge is -2.25. The number of nitrogens with zero attached hydrogens (tertiary/aromatic N) is 1. The van der Waals surface area contributed by atoms with Crippen molar-refractivity contribution < 1.29 is 8.42 Å². The second-order valence-electron chi connectivity index (χ2n) is 6.84. The van der Waals surface area contributed by atoms with Gasteiger partial charge in [-0.05, 0) is 42.4 Å². The molecule has 0 unspecified atom stereocenters. The van der Waals surface area contributed by atoms with E-state index in [1.807, 2.05) is 54.4 Å². The van der Waals surface area contributed by atoms with Crippen LogP contribution in [0.3, 0.4) is 0 Å². The molecule has 4 nitrogen and oxygen atoms in total. The van der Waals surface area contributed by atoms with E-state index in [4.69, 9.17) is 23.2 Å². The van der Waals surface area contributed by atoms with Crippen LogP contribution in [0.4, 0.5) is 0 Å². The molecule has 0 saturated heterocycles. The van der Waals surface area contributed by atoms with Gasteiger partial charge in [0.15, 0.2) is 0 Å². The zero-order chi connectivity index (χ0) is 20.9. The maximum atomic E-state index is 12.9. The van der Waals surface area contributed by atoms with E-state index in [1.54, 1.807) is 36.4 Å². The average Bonchev–Trinajstić information content (AvgIpc) is 2.71. The van der Waals surface area contributed by atoms with Gasteiger partial charge in [0.05, 0.1) is 21.0 Å². The van der Waals surface area contributed by atoms with Crippen molar-refractivity contribution in [2.24, 2.45) is 0 Å². The third kappa shape index (κ3) is 6.04. The Hall–Kier alpha value is -1.89. The van der Waals surface area contributed by atoms with Crippen LogP contribution in [0.5, 0.6) is 0 Å². The first-order chi connectivity index (χ1) is 13.8. The monoisotopic (exact) mass is 448 g/mol. The van der Waals surface area contributed by atoms with Gasteiger partial charge in [0.2, 0.25) is 10.0 Å². The highest BCUT2D eigenvalue weighted by molar-refractivity contribution is 7.89. The van der Waals surface area contributed by atoms with Gasteiger partial charge < -0.3 is 4.90 Å². The number of hydrogen-bond acceptors (Lipinski definition) is 3. The summed E-state index contributed by atoms with van der Waals surface area (Å²) in [4.78, 5) is 2.29. The summed E-state index contributed by atoms with van der Waals surface area (Å²) >= 11 is 12.1. The molecule has 0 bridgehead atoms. The van der Waals surface area contributed by atoms with Crippen LogP contribution < -0.4 is 4.72 Å². The summed E-state index contributed by atoms with van der Waals surface area (Å²) in [6.45, 7) is 1.09. The summed E-state index contributed by atoms with van der Waals surface area (Å²) in [5, 5.41) is 1.01. The van der Waals surface area contributed by atoms with Crippen molar-refractivity contribution in [3.05, 3.63) is 100 Å². The Labute approximate surface area is 182 Å². The van der Waals surface area contributed by atoms with Crippen molar-refractivity contribution in [2.75, 3.05) is 13.6 Å². The Morgan fingerprint density at radius 2 is 1.52 bits per heavy atom. The van der Waals surface area contributed by atoms with Gasteiger partial charge in [-0.2, -0.15) is 0 Å². The van der Waals surface area contributed by atoms with E-state index >= 15 is 0 Å². The molecular formula is C22H22Cl2N2O2S. The average molecular weight is 449 g/mol. The summed E-state index contributed by atoms with van der Waals surface area (Å²) < 4.78 is 28.6. The Morgan fingerprint density at radius 3 is 2.14 bits per heavy atom. The molecule has 0 saturated carbocycles. The maximum absolute atomic E-state index is 12.9. The van der Waals surface area contributed by atoms with Crippen molar-refractivity contribution in [2.45, 2.75) is 17.5 Å². The van der Waals surface area contributed by atoms with Gasteiger partial charge in [-0.15, -0.1) is 0 Å². The van der Waals surface area contributed by atoms with Crippen LogP contribution in [-0.4, -0.2) is 26.9 Å². The molecule has 0 radical (unpaired) electrons. The van der Waals surface area contributed by atoms with E-state index in [0.29, 0.717) is 23.1 Å². The van der Waals surface area contributed by atoms with Crippen LogP contribution in [0.2, 0.25) is 10.0 Å².